The summed E-state index contributed by atoms with van der Waals surface area (Å²) >= 11 is 6.14. The van der Waals surface area contributed by atoms with Gasteiger partial charge in [-0.1, -0.05) is 41.9 Å². The van der Waals surface area contributed by atoms with Crippen molar-refractivity contribution in [2.45, 2.75) is 13.0 Å². The van der Waals surface area contributed by atoms with E-state index in [1.54, 1.807) is 18.2 Å². The van der Waals surface area contributed by atoms with Crippen molar-refractivity contribution in [2.24, 2.45) is 0 Å². The van der Waals surface area contributed by atoms with Gasteiger partial charge in [0.05, 0.1) is 0 Å². The molecule has 0 aliphatic heterocycles. The monoisotopic (exact) mass is 250 g/mol. The summed E-state index contributed by atoms with van der Waals surface area (Å²) in [6.45, 7) is 1.88. The van der Waals surface area contributed by atoms with Gasteiger partial charge < -0.3 is 5.11 Å². The van der Waals surface area contributed by atoms with Gasteiger partial charge in [-0.25, -0.2) is 4.39 Å². The molecule has 0 aliphatic carbocycles. The molecule has 2 rings (SSSR count). The van der Waals surface area contributed by atoms with Crippen LogP contribution >= 0.6 is 11.6 Å². The first-order valence-corrected chi connectivity index (χ1v) is 5.66. The first-order chi connectivity index (χ1) is 8.09. The van der Waals surface area contributed by atoms with Crippen LogP contribution in [0, 0.1) is 12.7 Å². The lowest BCUT2D eigenvalue weighted by molar-refractivity contribution is 0.220. The molecule has 88 valence electrons. The van der Waals surface area contributed by atoms with Gasteiger partial charge in [0.25, 0.3) is 0 Å². The molecule has 1 N–H and O–H groups in total. The standard InChI is InChI=1S/C14H12ClFO/c1-9-3-2-4-12(13(9)15)14(17)10-5-7-11(16)8-6-10/h2-8,14,17H,1H3. The van der Waals surface area contributed by atoms with E-state index in [9.17, 15) is 9.50 Å². The first kappa shape index (κ1) is 12.1. The maximum absolute atomic E-state index is 12.8. The molecule has 1 unspecified atom stereocenters. The largest absolute Gasteiger partial charge is 0.384 e. The number of aliphatic hydroxyl groups is 1. The minimum atomic E-state index is -0.831. The summed E-state index contributed by atoms with van der Waals surface area (Å²) in [4.78, 5) is 0. The van der Waals surface area contributed by atoms with Crippen LogP contribution in [0.3, 0.4) is 0 Å². The van der Waals surface area contributed by atoms with E-state index < -0.39 is 6.10 Å². The number of aryl methyl sites for hydroxylation is 1. The molecule has 0 aliphatic rings. The molecule has 0 radical (unpaired) electrons. The van der Waals surface area contributed by atoms with E-state index >= 15 is 0 Å². The molecule has 0 saturated carbocycles. The molecule has 2 aromatic carbocycles. The summed E-state index contributed by atoms with van der Waals surface area (Å²) < 4.78 is 12.8. The lowest BCUT2D eigenvalue weighted by Gasteiger charge is -2.14. The fourth-order valence-corrected chi connectivity index (χ4v) is 1.94. The second-order valence-electron chi connectivity index (χ2n) is 3.93. The van der Waals surface area contributed by atoms with Crippen LogP contribution in [0.15, 0.2) is 42.5 Å². The van der Waals surface area contributed by atoms with Crippen LogP contribution in [0.5, 0.6) is 0 Å². The van der Waals surface area contributed by atoms with E-state index in [-0.39, 0.29) is 5.82 Å². The van der Waals surface area contributed by atoms with Gasteiger partial charge >= 0.3 is 0 Å². The molecule has 0 spiro atoms. The number of benzene rings is 2. The predicted octanol–water partition coefficient (Wildman–Crippen LogP) is 3.87. The Morgan fingerprint density at radius 1 is 1.12 bits per heavy atom. The quantitative estimate of drug-likeness (QED) is 0.858. The third kappa shape index (κ3) is 2.48. The Morgan fingerprint density at radius 2 is 1.76 bits per heavy atom. The summed E-state index contributed by atoms with van der Waals surface area (Å²) in [7, 11) is 0. The smallest absolute Gasteiger partial charge is 0.123 e. The highest BCUT2D eigenvalue weighted by Crippen LogP contribution is 2.30. The minimum Gasteiger partial charge on any atom is -0.384 e. The Bertz CT molecular complexity index is 522. The predicted molar refractivity (Wildman–Crippen MR) is 66.7 cm³/mol. The van der Waals surface area contributed by atoms with Gasteiger partial charge in [0, 0.05) is 10.6 Å². The summed E-state index contributed by atoms with van der Waals surface area (Å²) in [6.07, 6.45) is -0.831. The second kappa shape index (κ2) is 4.86. The third-order valence-electron chi connectivity index (χ3n) is 2.70. The van der Waals surface area contributed by atoms with Crippen LogP contribution in [-0.4, -0.2) is 5.11 Å². The van der Waals surface area contributed by atoms with Crippen molar-refractivity contribution in [3.05, 3.63) is 70.0 Å². The highest BCUT2D eigenvalue weighted by atomic mass is 35.5. The van der Waals surface area contributed by atoms with Gasteiger partial charge in [-0.3, -0.25) is 0 Å². The highest BCUT2D eigenvalue weighted by Gasteiger charge is 2.14. The zero-order valence-corrected chi connectivity index (χ0v) is 10.1. The Labute approximate surface area is 104 Å². The number of hydrogen-bond donors (Lipinski definition) is 1. The van der Waals surface area contributed by atoms with Crippen LogP contribution in [0.25, 0.3) is 0 Å². The lowest BCUT2D eigenvalue weighted by Crippen LogP contribution is -2.01. The van der Waals surface area contributed by atoms with E-state index in [0.29, 0.717) is 16.1 Å². The molecule has 1 atom stereocenters. The number of halogens is 2. The van der Waals surface area contributed by atoms with Crippen molar-refractivity contribution < 1.29 is 9.50 Å². The number of rotatable bonds is 2. The zero-order valence-electron chi connectivity index (χ0n) is 9.32. The summed E-state index contributed by atoms with van der Waals surface area (Å²) in [5.74, 6) is -0.323. The topological polar surface area (TPSA) is 20.2 Å². The van der Waals surface area contributed by atoms with Crippen LogP contribution in [0.4, 0.5) is 4.39 Å². The van der Waals surface area contributed by atoms with Crippen LogP contribution in [0.2, 0.25) is 5.02 Å². The molecular formula is C14H12ClFO. The third-order valence-corrected chi connectivity index (χ3v) is 3.22. The van der Waals surface area contributed by atoms with Crippen LogP contribution in [-0.2, 0) is 0 Å². The van der Waals surface area contributed by atoms with E-state index in [1.165, 1.54) is 12.1 Å². The maximum Gasteiger partial charge on any atom is 0.123 e. The SMILES string of the molecule is Cc1cccc(C(O)c2ccc(F)cc2)c1Cl. The van der Waals surface area contributed by atoms with Gasteiger partial charge in [0.15, 0.2) is 0 Å². The fraction of sp³-hybridized carbons (Fsp3) is 0.143. The Hall–Kier alpha value is -1.38. The summed E-state index contributed by atoms with van der Waals surface area (Å²) in [5.41, 5.74) is 2.17. The first-order valence-electron chi connectivity index (χ1n) is 5.28. The summed E-state index contributed by atoms with van der Waals surface area (Å²) in [5, 5.41) is 10.7. The molecule has 0 heterocycles. The number of hydrogen-bond acceptors (Lipinski definition) is 1. The van der Waals surface area contributed by atoms with Gasteiger partial charge in [-0.15, -0.1) is 0 Å². The van der Waals surface area contributed by atoms with Gasteiger partial charge in [-0.2, -0.15) is 0 Å². The maximum atomic E-state index is 12.8. The molecule has 1 nitrogen and oxygen atoms in total. The molecule has 0 amide bonds. The molecule has 0 aromatic heterocycles. The number of aliphatic hydroxyl groups excluding tert-OH is 1. The summed E-state index contributed by atoms with van der Waals surface area (Å²) in [6, 6.07) is 11.2. The van der Waals surface area contributed by atoms with Gasteiger partial charge in [0.2, 0.25) is 0 Å². The molecule has 17 heavy (non-hydrogen) atoms. The van der Waals surface area contributed by atoms with Gasteiger partial charge in [-0.05, 0) is 30.2 Å². The minimum absolute atomic E-state index is 0.323. The molecule has 2 aromatic rings. The molecule has 0 fully saturated rings. The second-order valence-corrected chi connectivity index (χ2v) is 4.31. The van der Waals surface area contributed by atoms with Crippen molar-refractivity contribution in [2.75, 3.05) is 0 Å². The van der Waals surface area contributed by atoms with E-state index in [0.717, 1.165) is 5.56 Å². The van der Waals surface area contributed by atoms with E-state index in [1.807, 2.05) is 19.1 Å². The van der Waals surface area contributed by atoms with Crippen molar-refractivity contribution in [1.29, 1.82) is 0 Å². The molecule has 0 saturated heterocycles. The van der Waals surface area contributed by atoms with E-state index in [4.69, 9.17) is 11.6 Å². The van der Waals surface area contributed by atoms with Crippen molar-refractivity contribution in [1.82, 2.24) is 0 Å². The van der Waals surface area contributed by atoms with Crippen molar-refractivity contribution >= 4 is 11.6 Å². The molecule has 3 heteroatoms. The molecular weight excluding hydrogens is 239 g/mol. The molecule has 0 bridgehead atoms. The van der Waals surface area contributed by atoms with Crippen LogP contribution in [0.1, 0.15) is 22.8 Å². The van der Waals surface area contributed by atoms with Crippen molar-refractivity contribution in [3.63, 3.8) is 0 Å². The van der Waals surface area contributed by atoms with E-state index in [2.05, 4.69) is 0 Å². The zero-order chi connectivity index (χ0) is 12.4. The van der Waals surface area contributed by atoms with Crippen molar-refractivity contribution in [3.8, 4) is 0 Å². The lowest BCUT2D eigenvalue weighted by atomic mass is 10.00. The van der Waals surface area contributed by atoms with Gasteiger partial charge in [0.1, 0.15) is 11.9 Å². The Morgan fingerprint density at radius 3 is 2.41 bits per heavy atom. The Kier molecular flexibility index (Phi) is 3.46. The average molecular weight is 251 g/mol. The normalized spacial score (nSPS) is 12.5. The highest BCUT2D eigenvalue weighted by molar-refractivity contribution is 6.32. The average Bonchev–Trinajstić information content (AvgIpc) is 2.33. The van der Waals surface area contributed by atoms with Crippen LogP contribution < -0.4 is 0 Å². The fourth-order valence-electron chi connectivity index (χ4n) is 1.71. The Balaban J connectivity index is 2.40.